The van der Waals surface area contributed by atoms with E-state index in [1.165, 1.54) is 28.1 Å². The van der Waals surface area contributed by atoms with Crippen LogP contribution in [0.5, 0.6) is 0 Å². The number of pyridine rings is 2. The van der Waals surface area contributed by atoms with Gasteiger partial charge in [-0.1, -0.05) is 12.1 Å². The Bertz CT molecular complexity index is 1100. The largest absolute Gasteiger partial charge is 0.429 e. The van der Waals surface area contributed by atoms with E-state index in [1.54, 1.807) is 18.5 Å². The molecule has 1 amide bonds. The predicted molar refractivity (Wildman–Crippen MR) is 117 cm³/mol. The Balaban J connectivity index is 1.37. The fourth-order valence-electron chi connectivity index (χ4n) is 5.21. The second-order valence-electron chi connectivity index (χ2n) is 8.88. The first kappa shape index (κ1) is 19.8. The van der Waals surface area contributed by atoms with Crippen LogP contribution in [-0.2, 0) is 24.1 Å². The molecule has 31 heavy (non-hydrogen) atoms. The zero-order chi connectivity index (χ0) is 21.4. The molecular weight excluding hydrogens is 388 g/mol. The third-order valence-corrected chi connectivity index (χ3v) is 6.78. The Morgan fingerprint density at radius 1 is 1.13 bits per heavy atom. The number of hydrogen-bond acceptors (Lipinski definition) is 4. The molecule has 1 aliphatic carbocycles. The monoisotopic (exact) mass is 416 g/mol. The molecule has 0 spiro atoms. The van der Waals surface area contributed by atoms with Gasteiger partial charge in [-0.15, -0.1) is 0 Å². The van der Waals surface area contributed by atoms with Crippen molar-refractivity contribution in [1.29, 1.82) is 0 Å². The van der Waals surface area contributed by atoms with E-state index in [-0.39, 0.29) is 11.8 Å². The second kappa shape index (κ2) is 8.17. The van der Waals surface area contributed by atoms with E-state index < -0.39 is 0 Å². The van der Waals surface area contributed by atoms with Gasteiger partial charge >= 0.3 is 0 Å². The van der Waals surface area contributed by atoms with Crippen molar-refractivity contribution in [3.8, 4) is 0 Å². The molecular formula is C25H28N4O2. The van der Waals surface area contributed by atoms with Crippen molar-refractivity contribution in [1.82, 2.24) is 19.6 Å². The summed E-state index contributed by atoms with van der Waals surface area (Å²) in [6.45, 7) is 3.61. The smallest absolute Gasteiger partial charge is 0.227 e. The maximum absolute atomic E-state index is 12.8. The molecule has 2 aliphatic rings. The van der Waals surface area contributed by atoms with E-state index >= 15 is 0 Å². The van der Waals surface area contributed by atoms with E-state index in [9.17, 15) is 10.0 Å². The lowest BCUT2D eigenvalue weighted by atomic mass is 9.78. The van der Waals surface area contributed by atoms with Crippen LogP contribution < -0.4 is 0 Å². The van der Waals surface area contributed by atoms with E-state index in [4.69, 9.17) is 9.97 Å². The van der Waals surface area contributed by atoms with Gasteiger partial charge in [-0.2, -0.15) is 0 Å². The molecule has 1 fully saturated rings. The van der Waals surface area contributed by atoms with Gasteiger partial charge in [0, 0.05) is 43.8 Å². The summed E-state index contributed by atoms with van der Waals surface area (Å²) >= 11 is 0. The topological polar surface area (TPSA) is 71.2 Å². The summed E-state index contributed by atoms with van der Waals surface area (Å²) in [7, 11) is 0. The summed E-state index contributed by atoms with van der Waals surface area (Å²) in [5.74, 6) is 0.733. The number of aromatic nitrogens is 3. The van der Waals surface area contributed by atoms with Crippen LogP contribution in [0.2, 0.25) is 0 Å². The van der Waals surface area contributed by atoms with Crippen LogP contribution in [0.15, 0.2) is 49.1 Å². The highest BCUT2D eigenvalue weighted by molar-refractivity contribution is 5.78. The minimum Gasteiger partial charge on any atom is -0.429 e. The highest BCUT2D eigenvalue weighted by Crippen LogP contribution is 2.41. The zero-order valence-electron chi connectivity index (χ0n) is 17.9. The molecule has 6 heteroatoms. The molecule has 3 aromatic rings. The highest BCUT2D eigenvalue weighted by atomic mass is 16.5. The second-order valence-corrected chi connectivity index (χ2v) is 8.88. The quantitative estimate of drug-likeness (QED) is 0.663. The molecule has 0 bridgehead atoms. The Kier molecular flexibility index (Phi) is 5.22. The number of nitrogens with zero attached hydrogens (tertiary/aromatic N) is 4. The molecule has 0 radical (unpaired) electrons. The first-order chi connectivity index (χ1) is 15.1. The van der Waals surface area contributed by atoms with Crippen LogP contribution in [0.25, 0.3) is 0 Å². The summed E-state index contributed by atoms with van der Waals surface area (Å²) in [5, 5.41) is 9.44. The van der Waals surface area contributed by atoms with Gasteiger partial charge in [0.1, 0.15) is 0 Å². The Morgan fingerprint density at radius 2 is 1.90 bits per heavy atom. The fourth-order valence-corrected chi connectivity index (χ4v) is 5.21. The molecule has 160 valence electrons. The molecule has 0 aromatic carbocycles. The SMILES string of the molecule is Cc1cnc2c(c1)CCc1cccnc1C2C1CCN(C(=O)Cc2ccn(O)c2)CC1. The minimum absolute atomic E-state index is 0.123. The Labute approximate surface area is 182 Å². The normalized spacial score (nSPS) is 18.9. The first-order valence-electron chi connectivity index (χ1n) is 11.1. The van der Waals surface area contributed by atoms with Crippen molar-refractivity contribution >= 4 is 5.91 Å². The lowest BCUT2D eigenvalue weighted by Gasteiger charge is -2.36. The molecule has 1 N–H and O–H groups in total. The van der Waals surface area contributed by atoms with Gasteiger partial charge in [-0.05, 0) is 72.9 Å². The molecule has 1 atom stereocenters. The van der Waals surface area contributed by atoms with Gasteiger partial charge in [0.25, 0.3) is 0 Å². The van der Waals surface area contributed by atoms with Crippen molar-refractivity contribution in [2.45, 2.75) is 44.9 Å². The van der Waals surface area contributed by atoms with Crippen molar-refractivity contribution in [3.05, 3.63) is 82.7 Å². The van der Waals surface area contributed by atoms with Crippen LogP contribution in [0, 0.1) is 12.8 Å². The summed E-state index contributed by atoms with van der Waals surface area (Å²) in [6.07, 6.45) is 11.2. The van der Waals surface area contributed by atoms with E-state index in [1.807, 2.05) is 23.4 Å². The number of aryl methyl sites for hydroxylation is 3. The van der Waals surface area contributed by atoms with E-state index in [2.05, 4.69) is 19.1 Å². The number of hydrogen-bond donors (Lipinski definition) is 1. The van der Waals surface area contributed by atoms with Crippen LogP contribution in [-0.4, -0.2) is 43.8 Å². The molecule has 5 rings (SSSR count). The van der Waals surface area contributed by atoms with Crippen molar-refractivity contribution in [3.63, 3.8) is 0 Å². The number of likely N-dealkylation sites (tertiary alicyclic amines) is 1. The maximum Gasteiger partial charge on any atom is 0.227 e. The third-order valence-electron chi connectivity index (χ3n) is 6.78. The van der Waals surface area contributed by atoms with Gasteiger partial charge in [0.2, 0.25) is 5.91 Å². The van der Waals surface area contributed by atoms with Gasteiger partial charge in [-0.25, -0.2) is 4.73 Å². The molecule has 1 unspecified atom stereocenters. The van der Waals surface area contributed by atoms with Crippen LogP contribution in [0.1, 0.15) is 52.4 Å². The number of piperidine rings is 1. The van der Waals surface area contributed by atoms with Crippen LogP contribution in [0.3, 0.4) is 0 Å². The average molecular weight is 417 g/mol. The van der Waals surface area contributed by atoms with Crippen LogP contribution >= 0.6 is 0 Å². The Hall–Kier alpha value is -3.15. The van der Waals surface area contributed by atoms with Gasteiger partial charge in [0.15, 0.2) is 0 Å². The molecule has 6 nitrogen and oxygen atoms in total. The van der Waals surface area contributed by atoms with E-state index in [0.29, 0.717) is 12.3 Å². The number of carbonyl (C=O) groups is 1. The molecule has 4 heterocycles. The Morgan fingerprint density at radius 3 is 2.68 bits per heavy atom. The molecule has 3 aromatic heterocycles. The van der Waals surface area contributed by atoms with Gasteiger partial charge in [-0.3, -0.25) is 14.8 Å². The molecule has 1 aliphatic heterocycles. The first-order valence-corrected chi connectivity index (χ1v) is 11.1. The summed E-state index contributed by atoms with van der Waals surface area (Å²) in [5.41, 5.74) is 7.06. The van der Waals surface area contributed by atoms with Gasteiger partial charge in [0.05, 0.1) is 17.8 Å². The number of amides is 1. The lowest BCUT2D eigenvalue weighted by molar-refractivity contribution is -0.131. The number of fused-ring (bicyclic) bond motifs is 2. The third kappa shape index (κ3) is 3.94. The van der Waals surface area contributed by atoms with Crippen molar-refractivity contribution < 1.29 is 10.0 Å². The lowest BCUT2D eigenvalue weighted by Crippen LogP contribution is -2.41. The van der Waals surface area contributed by atoms with Crippen molar-refractivity contribution in [2.75, 3.05) is 13.1 Å². The summed E-state index contributed by atoms with van der Waals surface area (Å²) in [6, 6.07) is 8.31. The average Bonchev–Trinajstić information content (AvgIpc) is 3.11. The maximum atomic E-state index is 12.8. The minimum atomic E-state index is 0.123. The number of rotatable bonds is 3. The molecule has 0 saturated carbocycles. The highest BCUT2D eigenvalue weighted by Gasteiger charge is 2.35. The van der Waals surface area contributed by atoms with Crippen LogP contribution in [0.4, 0.5) is 0 Å². The molecule has 1 saturated heterocycles. The predicted octanol–water partition coefficient (Wildman–Crippen LogP) is 3.54. The summed E-state index contributed by atoms with van der Waals surface area (Å²) in [4.78, 5) is 24.4. The van der Waals surface area contributed by atoms with Crippen molar-refractivity contribution in [2.24, 2.45) is 5.92 Å². The standard InChI is InChI=1S/C25H28N4O2/c1-17-13-21-5-4-20-3-2-9-26-24(20)23(25(21)27-15-17)19-7-10-28(11-8-19)22(30)14-18-6-12-29(31)16-18/h2-3,6,9,12-13,15-16,19,23,31H,4-5,7-8,10-11,14H2,1H3. The van der Waals surface area contributed by atoms with E-state index in [0.717, 1.165) is 49.1 Å². The van der Waals surface area contributed by atoms with Gasteiger partial charge < -0.3 is 10.1 Å². The fraction of sp³-hybridized carbons (Fsp3) is 0.400. The zero-order valence-corrected chi connectivity index (χ0v) is 17.9. The number of carbonyl (C=O) groups excluding carboxylic acids is 1. The summed E-state index contributed by atoms with van der Waals surface area (Å²) < 4.78 is 0.998.